The Bertz CT molecular complexity index is 1230. The fourth-order valence-corrected chi connectivity index (χ4v) is 5.00. The van der Waals surface area contributed by atoms with E-state index in [2.05, 4.69) is 37.7 Å². The lowest BCUT2D eigenvalue weighted by Gasteiger charge is -2.47. The number of nitriles is 1. The number of H-pyrrole nitrogens is 1. The van der Waals surface area contributed by atoms with Crippen molar-refractivity contribution in [2.75, 3.05) is 31.1 Å². The number of aromatic amines is 1. The Morgan fingerprint density at radius 3 is 2.97 bits per heavy atom. The highest BCUT2D eigenvalue weighted by Gasteiger charge is 2.49. The van der Waals surface area contributed by atoms with Gasteiger partial charge in [-0.15, -0.1) is 0 Å². The van der Waals surface area contributed by atoms with Crippen molar-refractivity contribution in [2.45, 2.75) is 19.8 Å². The average Bonchev–Trinajstić information content (AvgIpc) is 3.40. The van der Waals surface area contributed by atoms with Crippen LogP contribution in [0.25, 0.3) is 22.2 Å². The van der Waals surface area contributed by atoms with Crippen molar-refractivity contribution in [1.29, 1.82) is 5.26 Å². The summed E-state index contributed by atoms with van der Waals surface area (Å²) in [6.45, 7) is 8.78. The minimum absolute atomic E-state index is 0.0118. The Kier molecular flexibility index (Phi) is 4.47. The molecule has 0 aliphatic carbocycles. The van der Waals surface area contributed by atoms with Crippen molar-refractivity contribution in [1.82, 2.24) is 25.1 Å². The number of rotatable bonds is 4. The molecule has 8 heteroatoms. The lowest BCUT2D eigenvalue weighted by molar-refractivity contribution is -0.136. The van der Waals surface area contributed by atoms with E-state index in [-0.39, 0.29) is 17.7 Å². The molecule has 0 saturated carbocycles. The maximum Gasteiger partial charge on any atom is 0.245 e. The number of carbonyl (C=O) groups excluding carboxylic acids is 1. The van der Waals surface area contributed by atoms with Crippen molar-refractivity contribution in [3.05, 3.63) is 48.4 Å². The third kappa shape index (κ3) is 3.05. The lowest BCUT2D eigenvalue weighted by atomic mass is 9.79. The predicted octanol–water partition coefficient (Wildman–Crippen LogP) is 2.62. The molecule has 0 atom stereocenters. The number of benzene rings is 1. The highest BCUT2D eigenvalue weighted by molar-refractivity contribution is 5.96. The maximum atomic E-state index is 11.9. The lowest BCUT2D eigenvalue weighted by Crippen LogP contribution is -2.59. The van der Waals surface area contributed by atoms with Crippen LogP contribution < -0.4 is 4.90 Å². The monoisotopic (exact) mass is 413 g/mol. The molecule has 2 aliphatic heterocycles. The normalized spacial score (nSPS) is 17.0. The molecule has 0 radical (unpaired) electrons. The number of anilines is 1. The summed E-state index contributed by atoms with van der Waals surface area (Å²) < 4.78 is 0. The molecule has 0 unspecified atom stereocenters. The molecule has 31 heavy (non-hydrogen) atoms. The highest BCUT2D eigenvalue weighted by Crippen LogP contribution is 2.43. The summed E-state index contributed by atoms with van der Waals surface area (Å²) in [5.41, 5.74) is 4.72. The van der Waals surface area contributed by atoms with Crippen LogP contribution in [-0.2, 0) is 11.2 Å². The smallest absolute Gasteiger partial charge is 0.245 e. The molecule has 2 aromatic heterocycles. The number of carbonyl (C=O) groups is 1. The number of amides is 1. The van der Waals surface area contributed by atoms with E-state index in [1.807, 2.05) is 24.0 Å². The Balaban J connectivity index is 1.52. The molecule has 0 bridgehead atoms. The third-order valence-corrected chi connectivity index (χ3v) is 6.52. The van der Waals surface area contributed by atoms with E-state index in [4.69, 9.17) is 0 Å². The molecule has 8 nitrogen and oxygen atoms in total. The van der Waals surface area contributed by atoms with Crippen LogP contribution in [-0.4, -0.2) is 57.2 Å². The summed E-state index contributed by atoms with van der Waals surface area (Å²) in [6, 6.07) is 6.35. The van der Waals surface area contributed by atoms with Crippen LogP contribution in [0.15, 0.2) is 37.3 Å². The number of aromatic nitrogens is 4. The quantitative estimate of drug-likeness (QED) is 0.660. The summed E-state index contributed by atoms with van der Waals surface area (Å²) in [4.78, 5) is 25.2. The SMILES string of the molecule is C=CC(=O)N1CC2(CCN(c3ncnc(-c4c(C)ccc5[nH]ncc45)c3CC#N)C2)C1. The van der Waals surface area contributed by atoms with Crippen molar-refractivity contribution in [3.8, 4) is 17.3 Å². The van der Waals surface area contributed by atoms with Crippen molar-refractivity contribution in [2.24, 2.45) is 5.41 Å². The van der Waals surface area contributed by atoms with E-state index in [1.54, 1.807) is 12.5 Å². The van der Waals surface area contributed by atoms with Gasteiger partial charge in [-0.25, -0.2) is 9.97 Å². The maximum absolute atomic E-state index is 11.9. The third-order valence-electron chi connectivity index (χ3n) is 6.52. The summed E-state index contributed by atoms with van der Waals surface area (Å²) in [7, 11) is 0. The van der Waals surface area contributed by atoms with Crippen LogP contribution in [0.3, 0.4) is 0 Å². The Labute approximate surface area is 180 Å². The van der Waals surface area contributed by atoms with Crippen molar-refractivity contribution >= 4 is 22.6 Å². The number of hydrogen-bond acceptors (Lipinski definition) is 6. The van der Waals surface area contributed by atoms with Gasteiger partial charge in [0.1, 0.15) is 12.1 Å². The number of hydrogen-bond donors (Lipinski definition) is 1. The first-order valence-electron chi connectivity index (χ1n) is 10.4. The van der Waals surface area contributed by atoms with Crippen molar-refractivity contribution in [3.63, 3.8) is 0 Å². The predicted molar refractivity (Wildman–Crippen MR) is 117 cm³/mol. The van der Waals surface area contributed by atoms with Gasteiger partial charge in [-0.3, -0.25) is 9.89 Å². The second-order valence-corrected chi connectivity index (χ2v) is 8.52. The molecule has 156 valence electrons. The molecule has 5 rings (SSSR count). The van der Waals surface area contributed by atoms with Gasteiger partial charge < -0.3 is 9.80 Å². The van der Waals surface area contributed by atoms with E-state index in [0.29, 0.717) is 0 Å². The summed E-state index contributed by atoms with van der Waals surface area (Å²) >= 11 is 0. The van der Waals surface area contributed by atoms with Crippen LogP contribution in [0.5, 0.6) is 0 Å². The molecular formula is C23H23N7O. The van der Waals surface area contributed by atoms with Gasteiger partial charge in [0, 0.05) is 48.1 Å². The van der Waals surface area contributed by atoms with Gasteiger partial charge in [0.25, 0.3) is 0 Å². The van der Waals surface area contributed by atoms with Crippen LogP contribution in [0.2, 0.25) is 0 Å². The van der Waals surface area contributed by atoms with Gasteiger partial charge in [0.15, 0.2) is 0 Å². The first-order valence-corrected chi connectivity index (χ1v) is 10.4. The minimum atomic E-state index is -0.0118. The average molecular weight is 413 g/mol. The molecule has 1 aromatic carbocycles. The fourth-order valence-electron chi connectivity index (χ4n) is 5.00. The molecular weight excluding hydrogens is 390 g/mol. The van der Waals surface area contributed by atoms with E-state index in [1.165, 1.54) is 6.08 Å². The van der Waals surface area contributed by atoms with Crippen molar-refractivity contribution < 1.29 is 4.79 Å². The number of likely N-dealkylation sites (tertiary alicyclic amines) is 1. The van der Waals surface area contributed by atoms with Crippen LogP contribution >= 0.6 is 0 Å². The fraction of sp³-hybridized carbons (Fsp3) is 0.348. The van der Waals surface area contributed by atoms with Crippen LogP contribution in [0, 0.1) is 23.7 Å². The molecule has 4 heterocycles. The Morgan fingerprint density at radius 1 is 1.35 bits per heavy atom. The zero-order chi connectivity index (χ0) is 21.6. The number of aryl methyl sites for hydroxylation is 1. The van der Waals surface area contributed by atoms with Gasteiger partial charge in [-0.05, 0) is 31.1 Å². The number of fused-ring (bicyclic) bond motifs is 1. The molecule has 2 aliphatic rings. The van der Waals surface area contributed by atoms with E-state index >= 15 is 0 Å². The highest BCUT2D eigenvalue weighted by atomic mass is 16.2. The molecule has 2 fully saturated rings. The molecule has 1 N–H and O–H groups in total. The molecule has 1 amide bonds. The van der Waals surface area contributed by atoms with Gasteiger partial charge in [-0.2, -0.15) is 10.4 Å². The summed E-state index contributed by atoms with van der Waals surface area (Å²) in [6.07, 6.45) is 5.99. The largest absolute Gasteiger partial charge is 0.356 e. The van der Waals surface area contributed by atoms with E-state index < -0.39 is 0 Å². The standard InChI is InChI=1S/C23H23N7O/c1-3-19(31)30-12-23(13-30)7-9-29(11-23)22-16(6-8-24)21(25-14-26-22)20-15(2)4-5-18-17(20)10-27-28-18/h3-5,10,14H,1,6-7,9,11-13H2,2H3,(H,27,28). The summed E-state index contributed by atoms with van der Waals surface area (Å²) in [5, 5.41) is 17.8. The number of nitrogens with one attached hydrogen (secondary N) is 1. The van der Waals surface area contributed by atoms with E-state index in [0.717, 1.165) is 71.7 Å². The van der Waals surface area contributed by atoms with Crippen LogP contribution in [0.1, 0.15) is 17.5 Å². The second-order valence-electron chi connectivity index (χ2n) is 8.52. The van der Waals surface area contributed by atoms with Gasteiger partial charge in [-0.1, -0.05) is 12.6 Å². The Hall–Kier alpha value is -3.73. The first kappa shape index (κ1) is 19.2. The van der Waals surface area contributed by atoms with Gasteiger partial charge in [0.2, 0.25) is 5.91 Å². The number of nitrogens with zero attached hydrogens (tertiary/aromatic N) is 6. The Morgan fingerprint density at radius 2 is 2.19 bits per heavy atom. The summed E-state index contributed by atoms with van der Waals surface area (Å²) in [5.74, 6) is 0.805. The zero-order valence-electron chi connectivity index (χ0n) is 17.4. The van der Waals surface area contributed by atoms with Gasteiger partial charge in [0.05, 0.1) is 29.9 Å². The molecule has 2 saturated heterocycles. The topological polar surface area (TPSA) is 102 Å². The first-order chi connectivity index (χ1) is 15.0. The van der Waals surface area contributed by atoms with Crippen LogP contribution in [0.4, 0.5) is 5.82 Å². The zero-order valence-corrected chi connectivity index (χ0v) is 17.4. The second kappa shape index (κ2) is 7.20. The van der Waals surface area contributed by atoms with Gasteiger partial charge >= 0.3 is 0 Å². The van der Waals surface area contributed by atoms with E-state index in [9.17, 15) is 10.1 Å². The minimum Gasteiger partial charge on any atom is -0.356 e. The molecule has 1 spiro atoms. The molecule has 3 aromatic rings.